The summed E-state index contributed by atoms with van der Waals surface area (Å²) in [5, 5.41) is 2.77. The Labute approximate surface area is 169 Å². The van der Waals surface area contributed by atoms with Crippen LogP contribution < -0.4 is 14.8 Å². The molecule has 2 aromatic carbocycles. The van der Waals surface area contributed by atoms with E-state index in [-0.39, 0.29) is 10.1 Å². The quantitative estimate of drug-likeness (QED) is 0.556. The summed E-state index contributed by atoms with van der Waals surface area (Å²) in [6.45, 7) is 0. The lowest BCUT2D eigenvalue weighted by molar-refractivity contribution is 0.102. The molecule has 9 heteroatoms. The summed E-state index contributed by atoms with van der Waals surface area (Å²) in [6, 6.07) is 16.4. The molecule has 0 fully saturated rings. The van der Waals surface area contributed by atoms with Gasteiger partial charge in [0, 0.05) is 23.0 Å². The maximum atomic E-state index is 12.3. The number of nitrogens with one attached hydrogen (secondary N) is 2. The minimum Gasteiger partial charge on any atom is -0.497 e. The second kappa shape index (κ2) is 8.12. The third kappa shape index (κ3) is 4.88. The van der Waals surface area contributed by atoms with E-state index in [0.29, 0.717) is 22.7 Å². The molecule has 0 aliphatic heterocycles. The number of carbonyl (C=O) groups is 1. The second-order valence-electron chi connectivity index (χ2n) is 5.43. The third-order valence-corrected chi connectivity index (χ3v) is 7.04. The molecule has 140 valence electrons. The van der Waals surface area contributed by atoms with Crippen LogP contribution in [0.15, 0.2) is 68.7 Å². The number of sulfonamides is 1. The van der Waals surface area contributed by atoms with Crippen LogP contribution in [0, 0.1) is 0 Å². The summed E-state index contributed by atoms with van der Waals surface area (Å²) in [6.07, 6.45) is 0. The lowest BCUT2D eigenvalue weighted by Gasteiger charge is -2.09. The Morgan fingerprint density at radius 2 is 1.78 bits per heavy atom. The summed E-state index contributed by atoms with van der Waals surface area (Å²) in [7, 11) is -2.11. The van der Waals surface area contributed by atoms with E-state index in [4.69, 9.17) is 4.74 Å². The lowest BCUT2D eigenvalue weighted by atomic mass is 10.2. The number of anilines is 2. The van der Waals surface area contributed by atoms with Crippen molar-refractivity contribution in [1.82, 2.24) is 0 Å². The summed E-state index contributed by atoms with van der Waals surface area (Å²) in [5.74, 6) is 0.331. The zero-order valence-electron chi connectivity index (χ0n) is 14.1. The Hall–Kier alpha value is -2.36. The number of benzene rings is 2. The largest absolute Gasteiger partial charge is 0.497 e. The maximum absolute atomic E-state index is 12.3. The Bertz CT molecular complexity index is 1060. The van der Waals surface area contributed by atoms with E-state index in [2.05, 4.69) is 26.0 Å². The summed E-state index contributed by atoms with van der Waals surface area (Å²) >= 11 is 4.36. The molecule has 0 saturated carbocycles. The predicted molar refractivity (Wildman–Crippen MR) is 110 cm³/mol. The van der Waals surface area contributed by atoms with E-state index < -0.39 is 10.0 Å². The van der Waals surface area contributed by atoms with Crippen molar-refractivity contribution in [1.29, 1.82) is 0 Å². The van der Waals surface area contributed by atoms with Crippen molar-refractivity contribution >= 4 is 54.6 Å². The molecular formula is C18H15BrN2O4S2. The van der Waals surface area contributed by atoms with Gasteiger partial charge >= 0.3 is 0 Å². The molecule has 0 aliphatic rings. The van der Waals surface area contributed by atoms with Crippen molar-refractivity contribution in [3.8, 4) is 5.75 Å². The molecule has 0 saturated heterocycles. The molecule has 6 nitrogen and oxygen atoms in total. The van der Waals surface area contributed by atoms with Crippen LogP contribution in [0.4, 0.5) is 11.4 Å². The van der Waals surface area contributed by atoms with Crippen LogP contribution in [0.1, 0.15) is 10.4 Å². The average Bonchev–Trinajstić information content (AvgIpc) is 3.09. The molecule has 0 radical (unpaired) electrons. The molecule has 3 rings (SSSR count). The Kier molecular flexibility index (Phi) is 5.83. The molecule has 0 bridgehead atoms. The summed E-state index contributed by atoms with van der Waals surface area (Å²) < 4.78 is 33.2. The van der Waals surface area contributed by atoms with Crippen LogP contribution in [0.3, 0.4) is 0 Å². The van der Waals surface area contributed by atoms with Crippen molar-refractivity contribution in [2.45, 2.75) is 4.21 Å². The summed E-state index contributed by atoms with van der Waals surface area (Å²) in [4.78, 5) is 12.3. The van der Waals surface area contributed by atoms with Crippen LogP contribution in [0.25, 0.3) is 0 Å². The average molecular weight is 467 g/mol. The number of rotatable bonds is 6. The van der Waals surface area contributed by atoms with Crippen LogP contribution in [-0.2, 0) is 10.0 Å². The van der Waals surface area contributed by atoms with Crippen LogP contribution >= 0.6 is 27.3 Å². The maximum Gasteiger partial charge on any atom is 0.271 e. The molecular weight excluding hydrogens is 452 g/mol. The molecule has 1 aromatic heterocycles. The van der Waals surface area contributed by atoms with Crippen LogP contribution in [0.2, 0.25) is 0 Å². The van der Waals surface area contributed by atoms with Gasteiger partial charge in [0.25, 0.3) is 15.9 Å². The van der Waals surface area contributed by atoms with Gasteiger partial charge in [-0.05, 0) is 64.5 Å². The smallest absolute Gasteiger partial charge is 0.271 e. The molecule has 0 spiro atoms. The molecule has 1 heterocycles. The Balaban J connectivity index is 1.70. The standard InChI is InChI=1S/C18H15BrN2O4S2/c1-25-15-4-2-3-14(11-15)20-18(22)12-5-7-13(8-6-12)21-27(23,24)17-10-9-16(19)26-17/h2-11,21H,1H3,(H,20,22). The third-order valence-electron chi connectivity index (χ3n) is 3.54. The van der Waals surface area contributed by atoms with Crippen LogP contribution in [0.5, 0.6) is 5.75 Å². The van der Waals surface area contributed by atoms with Crippen molar-refractivity contribution in [2.75, 3.05) is 17.1 Å². The number of methoxy groups -OCH3 is 1. The molecule has 1 amide bonds. The van der Waals surface area contributed by atoms with Gasteiger partial charge in [0.1, 0.15) is 9.96 Å². The number of thiophene rings is 1. The predicted octanol–water partition coefficient (Wildman–Crippen LogP) is 4.57. The fourth-order valence-electron chi connectivity index (χ4n) is 2.24. The van der Waals surface area contributed by atoms with Gasteiger partial charge in [-0.25, -0.2) is 8.42 Å². The topological polar surface area (TPSA) is 84.5 Å². The molecule has 2 N–H and O–H groups in total. The van der Waals surface area contributed by atoms with Crippen molar-refractivity contribution in [3.05, 3.63) is 70.0 Å². The fraction of sp³-hybridized carbons (Fsp3) is 0.0556. The number of ether oxygens (including phenoxy) is 1. The lowest BCUT2D eigenvalue weighted by Crippen LogP contribution is -2.13. The van der Waals surface area contributed by atoms with E-state index in [1.165, 1.54) is 6.07 Å². The van der Waals surface area contributed by atoms with Crippen LogP contribution in [-0.4, -0.2) is 21.4 Å². The Morgan fingerprint density at radius 3 is 2.41 bits per heavy atom. The van der Waals surface area contributed by atoms with Crippen molar-refractivity contribution in [2.24, 2.45) is 0 Å². The first-order valence-corrected chi connectivity index (χ1v) is 10.8. The van der Waals surface area contributed by atoms with E-state index >= 15 is 0 Å². The second-order valence-corrected chi connectivity index (χ2v) is 9.80. The highest BCUT2D eigenvalue weighted by atomic mass is 79.9. The molecule has 3 aromatic rings. The molecule has 0 atom stereocenters. The monoisotopic (exact) mass is 466 g/mol. The number of hydrogen-bond acceptors (Lipinski definition) is 5. The SMILES string of the molecule is COc1cccc(NC(=O)c2ccc(NS(=O)(=O)c3ccc(Br)s3)cc2)c1. The van der Waals surface area contributed by atoms with E-state index in [1.54, 1.807) is 61.7 Å². The summed E-state index contributed by atoms with van der Waals surface area (Å²) in [5.41, 5.74) is 1.38. The zero-order valence-corrected chi connectivity index (χ0v) is 17.3. The number of hydrogen-bond donors (Lipinski definition) is 2. The highest BCUT2D eigenvalue weighted by Gasteiger charge is 2.17. The van der Waals surface area contributed by atoms with Gasteiger partial charge in [-0.1, -0.05) is 6.07 Å². The molecule has 0 aliphatic carbocycles. The van der Waals surface area contributed by atoms with Gasteiger partial charge in [-0.3, -0.25) is 9.52 Å². The highest BCUT2D eigenvalue weighted by molar-refractivity contribution is 9.11. The Morgan fingerprint density at radius 1 is 1.04 bits per heavy atom. The van der Waals surface area contributed by atoms with E-state index in [0.717, 1.165) is 15.1 Å². The van der Waals surface area contributed by atoms with E-state index in [9.17, 15) is 13.2 Å². The number of halogens is 1. The number of amides is 1. The van der Waals surface area contributed by atoms with E-state index in [1.807, 2.05) is 0 Å². The first-order valence-electron chi connectivity index (χ1n) is 7.71. The van der Waals surface area contributed by atoms with Crippen molar-refractivity contribution < 1.29 is 17.9 Å². The normalized spacial score (nSPS) is 11.0. The van der Waals surface area contributed by atoms with Crippen molar-refractivity contribution in [3.63, 3.8) is 0 Å². The van der Waals surface area contributed by atoms with Gasteiger partial charge in [0.05, 0.1) is 10.9 Å². The minimum absolute atomic E-state index is 0.203. The first-order chi connectivity index (χ1) is 12.9. The van der Waals surface area contributed by atoms with Gasteiger partial charge in [-0.2, -0.15) is 0 Å². The molecule has 27 heavy (non-hydrogen) atoms. The fourth-order valence-corrected chi connectivity index (χ4v) is 5.31. The first kappa shape index (κ1) is 19.4. The van der Waals surface area contributed by atoms with Gasteiger partial charge in [-0.15, -0.1) is 11.3 Å². The number of carbonyl (C=O) groups excluding carboxylic acids is 1. The highest BCUT2D eigenvalue weighted by Crippen LogP contribution is 2.27. The van der Waals surface area contributed by atoms with Gasteiger partial charge in [0.2, 0.25) is 0 Å². The zero-order chi connectivity index (χ0) is 19.4. The van der Waals surface area contributed by atoms with Gasteiger partial charge < -0.3 is 10.1 Å². The molecule has 0 unspecified atom stereocenters. The van der Waals surface area contributed by atoms with Gasteiger partial charge in [0.15, 0.2) is 0 Å². The minimum atomic E-state index is -3.66.